The number of benzene rings is 3. The molecule has 1 aliphatic heterocycles. The lowest BCUT2D eigenvalue weighted by Gasteiger charge is -2.20. The van der Waals surface area contributed by atoms with E-state index in [4.69, 9.17) is 12.2 Å². The van der Waals surface area contributed by atoms with Crippen LogP contribution < -0.4 is 10.2 Å². The van der Waals surface area contributed by atoms with Gasteiger partial charge in [0.05, 0.1) is 6.42 Å². The fraction of sp³-hybridized carbons (Fsp3) is 0.143. The van der Waals surface area contributed by atoms with E-state index in [9.17, 15) is 4.79 Å². The van der Waals surface area contributed by atoms with Crippen LogP contribution >= 0.6 is 12.2 Å². The lowest BCUT2D eigenvalue weighted by molar-refractivity contribution is -0.119. The predicted octanol–water partition coefficient (Wildman–Crippen LogP) is 3.85. The predicted molar refractivity (Wildman–Crippen MR) is 106 cm³/mol. The summed E-state index contributed by atoms with van der Waals surface area (Å²) in [6.07, 6.45) is 1.27. The Bertz CT molecular complexity index is 962. The number of nitrogens with zero attached hydrogens (tertiary/aromatic N) is 1. The molecule has 3 aromatic carbocycles. The summed E-state index contributed by atoms with van der Waals surface area (Å²) in [6.45, 7) is 0.812. The smallest absolute Gasteiger partial charge is 0.230 e. The monoisotopic (exact) mass is 346 g/mol. The number of fused-ring (bicyclic) bond motifs is 2. The van der Waals surface area contributed by atoms with E-state index in [2.05, 4.69) is 23.5 Å². The molecule has 0 fully saturated rings. The van der Waals surface area contributed by atoms with Crippen LogP contribution in [0.2, 0.25) is 0 Å². The van der Waals surface area contributed by atoms with Gasteiger partial charge in [0.15, 0.2) is 5.11 Å². The Hall–Kier alpha value is -2.72. The molecule has 4 heteroatoms. The van der Waals surface area contributed by atoms with E-state index >= 15 is 0 Å². The van der Waals surface area contributed by atoms with Gasteiger partial charge < -0.3 is 10.2 Å². The minimum atomic E-state index is -0.0780. The van der Waals surface area contributed by atoms with Gasteiger partial charge in [0.25, 0.3) is 0 Å². The third kappa shape index (κ3) is 3.13. The zero-order valence-electron chi connectivity index (χ0n) is 13.7. The largest absolute Gasteiger partial charge is 0.318 e. The van der Waals surface area contributed by atoms with Crippen molar-refractivity contribution in [3.8, 4) is 0 Å². The van der Waals surface area contributed by atoms with E-state index < -0.39 is 0 Å². The van der Waals surface area contributed by atoms with Crippen molar-refractivity contribution in [2.75, 3.05) is 11.4 Å². The highest BCUT2D eigenvalue weighted by atomic mass is 32.1. The molecular formula is C21H18N2OS. The molecule has 1 amide bonds. The molecule has 0 unspecified atom stereocenters. The van der Waals surface area contributed by atoms with Gasteiger partial charge in [0.2, 0.25) is 5.91 Å². The minimum absolute atomic E-state index is 0.0780. The molecule has 4 rings (SSSR count). The molecule has 1 heterocycles. The van der Waals surface area contributed by atoms with Crippen LogP contribution in [-0.4, -0.2) is 17.6 Å². The zero-order chi connectivity index (χ0) is 17.2. The van der Waals surface area contributed by atoms with Gasteiger partial charge in [-0.05, 0) is 46.6 Å². The van der Waals surface area contributed by atoms with Crippen LogP contribution in [0.25, 0.3) is 10.8 Å². The maximum absolute atomic E-state index is 12.5. The third-order valence-electron chi connectivity index (χ3n) is 4.61. The summed E-state index contributed by atoms with van der Waals surface area (Å²) < 4.78 is 0. The lowest BCUT2D eigenvalue weighted by Crippen LogP contribution is -2.42. The number of amides is 1. The summed E-state index contributed by atoms with van der Waals surface area (Å²) in [5, 5.41) is 5.63. The van der Waals surface area contributed by atoms with Crippen molar-refractivity contribution in [2.24, 2.45) is 0 Å². The van der Waals surface area contributed by atoms with Crippen molar-refractivity contribution < 1.29 is 4.79 Å². The molecule has 0 aromatic heterocycles. The van der Waals surface area contributed by atoms with Crippen molar-refractivity contribution >= 4 is 39.7 Å². The molecular weight excluding hydrogens is 328 g/mol. The molecule has 0 spiro atoms. The van der Waals surface area contributed by atoms with Crippen molar-refractivity contribution in [1.82, 2.24) is 5.32 Å². The van der Waals surface area contributed by atoms with Crippen molar-refractivity contribution in [1.29, 1.82) is 0 Å². The lowest BCUT2D eigenvalue weighted by atomic mass is 10.0. The van der Waals surface area contributed by atoms with Crippen LogP contribution in [0.3, 0.4) is 0 Å². The van der Waals surface area contributed by atoms with Gasteiger partial charge >= 0.3 is 0 Å². The molecule has 124 valence electrons. The van der Waals surface area contributed by atoms with Crippen molar-refractivity contribution in [3.05, 3.63) is 77.9 Å². The Morgan fingerprint density at radius 1 is 1.00 bits per heavy atom. The number of carbonyl (C=O) groups excluding carboxylic acids is 1. The second-order valence-electron chi connectivity index (χ2n) is 6.20. The summed E-state index contributed by atoms with van der Waals surface area (Å²) in [5.41, 5.74) is 3.38. The SMILES string of the molecule is O=C(Cc1cccc2ccccc12)NC(=S)N1CCc2ccccc21. The summed E-state index contributed by atoms with van der Waals surface area (Å²) in [5.74, 6) is -0.0780. The number of hydrogen-bond acceptors (Lipinski definition) is 2. The van der Waals surface area contributed by atoms with Gasteiger partial charge in [-0.3, -0.25) is 4.79 Å². The van der Waals surface area contributed by atoms with Crippen molar-refractivity contribution in [3.63, 3.8) is 0 Å². The highest BCUT2D eigenvalue weighted by Crippen LogP contribution is 2.27. The van der Waals surface area contributed by atoms with Gasteiger partial charge in [-0.2, -0.15) is 0 Å². The van der Waals surface area contributed by atoms with E-state index in [1.807, 2.05) is 53.4 Å². The molecule has 0 bridgehead atoms. The van der Waals surface area contributed by atoms with Gasteiger partial charge in [0, 0.05) is 12.2 Å². The molecule has 0 radical (unpaired) electrons. The van der Waals surface area contributed by atoms with Gasteiger partial charge in [0.1, 0.15) is 0 Å². The maximum atomic E-state index is 12.5. The Morgan fingerprint density at radius 2 is 1.76 bits per heavy atom. The molecule has 0 atom stereocenters. The molecule has 3 aromatic rings. The molecule has 3 nitrogen and oxygen atoms in total. The molecule has 1 aliphatic rings. The van der Waals surface area contributed by atoms with E-state index in [1.54, 1.807) is 0 Å². The fourth-order valence-electron chi connectivity index (χ4n) is 3.40. The highest BCUT2D eigenvalue weighted by molar-refractivity contribution is 7.80. The highest BCUT2D eigenvalue weighted by Gasteiger charge is 2.22. The topological polar surface area (TPSA) is 32.3 Å². The normalized spacial score (nSPS) is 12.9. The number of carbonyl (C=O) groups is 1. The number of para-hydroxylation sites is 1. The Morgan fingerprint density at radius 3 is 2.68 bits per heavy atom. The summed E-state index contributed by atoms with van der Waals surface area (Å²) in [4.78, 5) is 14.5. The average molecular weight is 346 g/mol. The Labute approximate surface area is 152 Å². The minimum Gasteiger partial charge on any atom is -0.318 e. The molecule has 0 aliphatic carbocycles. The third-order valence-corrected chi connectivity index (χ3v) is 4.93. The van der Waals surface area contributed by atoms with Gasteiger partial charge in [-0.25, -0.2) is 0 Å². The number of anilines is 1. The van der Waals surface area contributed by atoms with E-state index in [0.29, 0.717) is 11.5 Å². The van der Waals surface area contributed by atoms with Crippen LogP contribution in [-0.2, 0) is 17.6 Å². The quantitative estimate of drug-likeness (QED) is 0.716. The summed E-state index contributed by atoms with van der Waals surface area (Å²) in [7, 11) is 0. The van der Waals surface area contributed by atoms with Crippen molar-refractivity contribution in [2.45, 2.75) is 12.8 Å². The Kier molecular flexibility index (Phi) is 4.20. The van der Waals surface area contributed by atoms with E-state index in [0.717, 1.165) is 35.0 Å². The van der Waals surface area contributed by atoms with Crippen LogP contribution in [0, 0.1) is 0 Å². The molecule has 1 N–H and O–H groups in total. The van der Waals surface area contributed by atoms with Crippen LogP contribution in [0.15, 0.2) is 66.7 Å². The average Bonchev–Trinajstić information content (AvgIpc) is 3.06. The van der Waals surface area contributed by atoms with Crippen LogP contribution in [0.1, 0.15) is 11.1 Å². The maximum Gasteiger partial charge on any atom is 0.230 e. The second-order valence-corrected chi connectivity index (χ2v) is 6.59. The van der Waals surface area contributed by atoms with Crippen LogP contribution in [0.5, 0.6) is 0 Å². The second kappa shape index (κ2) is 6.65. The summed E-state index contributed by atoms with van der Waals surface area (Å²) >= 11 is 5.47. The first-order valence-corrected chi connectivity index (χ1v) is 8.79. The standard InChI is InChI=1S/C21H18N2OS/c24-20(14-17-9-5-8-15-6-1-3-10-18(15)17)22-21(25)23-13-12-16-7-2-4-11-19(16)23/h1-11H,12-14H2,(H,22,24,25). The number of nitrogens with one attached hydrogen (secondary N) is 1. The first kappa shape index (κ1) is 15.8. The first-order chi connectivity index (χ1) is 12.2. The first-order valence-electron chi connectivity index (χ1n) is 8.38. The van der Waals surface area contributed by atoms with E-state index in [-0.39, 0.29) is 5.91 Å². The molecule has 0 saturated carbocycles. The number of hydrogen-bond donors (Lipinski definition) is 1. The van der Waals surface area contributed by atoms with Gasteiger partial charge in [-0.1, -0.05) is 60.7 Å². The number of rotatable bonds is 2. The fourth-order valence-corrected chi connectivity index (χ4v) is 3.70. The Balaban J connectivity index is 1.48. The zero-order valence-corrected chi connectivity index (χ0v) is 14.6. The molecule has 25 heavy (non-hydrogen) atoms. The summed E-state index contributed by atoms with van der Waals surface area (Å²) in [6, 6.07) is 22.3. The van der Waals surface area contributed by atoms with Gasteiger partial charge in [-0.15, -0.1) is 0 Å². The molecule has 0 saturated heterocycles. The number of thiocarbonyl (C=S) groups is 1. The van der Waals surface area contributed by atoms with E-state index in [1.165, 1.54) is 5.56 Å². The van der Waals surface area contributed by atoms with Crippen LogP contribution in [0.4, 0.5) is 5.69 Å².